The summed E-state index contributed by atoms with van der Waals surface area (Å²) in [5.41, 5.74) is 9.49. The van der Waals surface area contributed by atoms with Crippen molar-refractivity contribution in [3.05, 3.63) is 58.4 Å². The lowest BCUT2D eigenvalue weighted by molar-refractivity contribution is -0.117. The van der Waals surface area contributed by atoms with Crippen molar-refractivity contribution >= 4 is 17.4 Å². The van der Waals surface area contributed by atoms with Gasteiger partial charge in [-0.3, -0.25) is 4.79 Å². The highest BCUT2D eigenvalue weighted by molar-refractivity contribution is 5.99. The van der Waals surface area contributed by atoms with Gasteiger partial charge in [0.05, 0.1) is 5.57 Å². The van der Waals surface area contributed by atoms with E-state index in [0.29, 0.717) is 16.8 Å². The van der Waals surface area contributed by atoms with Gasteiger partial charge in [-0.2, -0.15) is 0 Å². The lowest BCUT2D eigenvalue weighted by Gasteiger charge is -2.15. The van der Waals surface area contributed by atoms with Gasteiger partial charge >= 0.3 is 0 Å². The Kier molecular flexibility index (Phi) is 5.70. The van der Waals surface area contributed by atoms with E-state index in [9.17, 15) is 14.3 Å². The molecule has 0 aliphatic rings. The number of anilines is 1. The lowest BCUT2D eigenvalue weighted by Crippen LogP contribution is -2.31. The van der Waals surface area contributed by atoms with Crippen molar-refractivity contribution in [3.63, 3.8) is 0 Å². The van der Waals surface area contributed by atoms with Crippen molar-refractivity contribution < 1.29 is 14.3 Å². The van der Waals surface area contributed by atoms with E-state index in [1.54, 1.807) is 25.1 Å². The summed E-state index contributed by atoms with van der Waals surface area (Å²) in [6.45, 7) is 8.94. The van der Waals surface area contributed by atoms with Crippen molar-refractivity contribution in [2.45, 2.75) is 40.7 Å². The fourth-order valence-electron chi connectivity index (χ4n) is 2.79. The zero-order valence-corrected chi connectivity index (χ0v) is 15.8. The zero-order chi connectivity index (χ0) is 19.6. The van der Waals surface area contributed by atoms with Gasteiger partial charge in [-0.15, -0.1) is 0 Å². The predicted octanol–water partition coefficient (Wildman–Crippen LogP) is 4.51. The highest BCUT2D eigenvalue weighted by Crippen LogP contribution is 2.32. The number of benzene rings is 2. The Balaban J connectivity index is 2.51. The van der Waals surface area contributed by atoms with Crippen molar-refractivity contribution in [2.75, 3.05) is 5.73 Å². The Morgan fingerprint density at radius 2 is 1.77 bits per heavy atom. The summed E-state index contributed by atoms with van der Waals surface area (Å²) in [5.74, 6) is -0.788. The number of nitrogens with one attached hydrogen (secondary N) is 1. The first-order valence-corrected chi connectivity index (χ1v) is 8.49. The normalized spacial score (nSPS) is 12.1. The molecule has 2 aromatic carbocycles. The van der Waals surface area contributed by atoms with Crippen LogP contribution >= 0.6 is 0 Å². The number of aliphatic hydroxyl groups is 1. The molecule has 0 aliphatic heterocycles. The highest BCUT2D eigenvalue weighted by Gasteiger charge is 2.17. The first kappa shape index (κ1) is 19.5. The molecule has 0 spiro atoms. The number of carbonyl (C=O) groups is 1. The summed E-state index contributed by atoms with van der Waals surface area (Å²) in [4.78, 5) is 12.1. The van der Waals surface area contributed by atoms with E-state index in [2.05, 4.69) is 5.32 Å². The third-order valence-electron chi connectivity index (χ3n) is 4.23. The first-order valence-electron chi connectivity index (χ1n) is 8.49. The van der Waals surface area contributed by atoms with Crippen LogP contribution in [0.1, 0.15) is 37.5 Å². The minimum absolute atomic E-state index is 0.0241. The SMILES string of the molecule is C/C(C(=O)NC(C)C)=C(/O)c1cc(C)c(-c2ccc(N)cc2F)cc1C. The van der Waals surface area contributed by atoms with E-state index in [1.165, 1.54) is 6.07 Å². The van der Waals surface area contributed by atoms with Crippen molar-refractivity contribution in [1.82, 2.24) is 5.32 Å². The molecule has 0 atom stereocenters. The first-order chi connectivity index (χ1) is 12.1. The summed E-state index contributed by atoms with van der Waals surface area (Å²) in [5, 5.41) is 13.3. The summed E-state index contributed by atoms with van der Waals surface area (Å²) in [6, 6.07) is 8.13. The second-order valence-electron chi connectivity index (χ2n) is 6.82. The third-order valence-corrected chi connectivity index (χ3v) is 4.23. The van der Waals surface area contributed by atoms with Crippen LogP contribution in [-0.2, 0) is 4.79 Å². The predicted molar refractivity (Wildman–Crippen MR) is 104 cm³/mol. The van der Waals surface area contributed by atoms with Gasteiger partial charge in [-0.05, 0) is 75.6 Å². The van der Waals surface area contributed by atoms with Gasteiger partial charge in [-0.1, -0.05) is 6.07 Å². The Morgan fingerprint density at radius 3 is 2.35 bits per heavy atom. The average molecular weight is 356 g/mol. The molecular weight excluding hydrogens is 331 g/mol. The number of rotatable bonds is 4. The number of aliphatic hydroxyl groups excluding tert-OH is 1. The molecule has 0 aromatic heterocycles. The lowest BCUT2D eigenvalue weighted by atomic mass is 9.93. The molecule has 138 valence electrons. The number of nitrogens with two attached hydrogens (primary N) is 1. The molecule has 0 heterocycles. The Bertz CT molecular complexity index is 886. The number of hydrogen-bond donors (Lipinski definition) is 3. The van der Waals surface area contributed by atoms with E-state index in [0.717, 1.165) is 16.7 Å². The molecule has 0 saturated heterocycles. The van der Waals surface area contributed by atoms with E-state index < -0.39 is 5.82 Å². The van der Waals surface area contributed by atoms with Crippen molar-refractivity contribution in [1.29, 1.82) is 0 Å². The Labute approximate surface area is 153 Å². The van der Waals surface area contributed by atoms with Crippen LogP contribution in [0.2, 0.25) is 0 Å². The molecular formula is C21H25FN2O2. The molecule has 0 radical (unpaired) electrons. The Morgan fingerprint density at radius 1 is 1.12 bits per heavy atom. The largest absolute Gasteiger partial charge is 0.507 e. The van der Waals surface area contributed by atoms with Crippen molar-refractivity contribution in [3.8, 4) is 11.1 Å². The minimum atomic E-state index is -0.396. The summed E-state index contributed by atoms with van der Waals surface area (Å²) >= 11 is 0. The van der Waals surface area contributed by atoms with Gasteiger partial charge < -0.3 is 16.2 Å². The molecule has 0 fully saturated rings. The molecule has 2 rings (SSSR count). The van der Waals surface area contributed by atoms with Crippen LogP contribution in [0.15, 0.2) is 35.9 Å². The van der Waals surface area contributed by atoms with Crippen LogP contribution < -0.4 is 11.1 Å². The molecule has 0 unspecified atom stereocenters. The van der Waals surface area contributed by atoms with Crippen LogP contribution in [0.25, 0.3) is 16.9 Å². The quantitative estimate of drug-likeness (QED) is 0.429. The van der Waals surface area contributed by atoms with Crippen LogP contribution in [-0.4, -0.2) is 17.1 Å². The second kappa shape index (κ2) is 7.60. The van der Waals surface area contributed by atoms with E-state index >= 15 is 0 Å². The number of hydrogen-bond acceptors (Lipinski definition) is 3. The number of halogens is 1. The molecule has 5 heteroatoms. The number of aryl methyl sites for hydroxylation is 2. The van der Waals surface area contributed by atoms with E-state index in [1.807, 2.05) is 33.8 Å². The fourth-order valence-corrected chi connectivity index (χ4v) is 2.79. The molecule has 1 amide bonds. The molecule has 4 nitrogen and oxygen atoms in total. The molecule has 2 aromatic rings. The van der Waals surface area contributed by atoms with Crippen LogP contribution in [0.5, 0.6) is 0 Å². The number of carbonyl (C=O) groups excluding carboxylic acids is 1. The van der Waals surface area contributed by atoms with E-state index in [-0.39, 0.29) is 23.3 Å². The molecule has 0 saturated carbocycles. The maximum Gasteiger partial charge on any atom is 0.250 e. The van der Waals surface area contributed by atoms with E-state index in [4.69, 9.17) is 5.73 Å². The van der Waals surface area contributed by atoms with Crippen molar-refractivity contribution in [2.24, 2.45) is 0 Å². The van der Waals surface area contributed by atoms with Gasteiger partial charge in [0, 0.05) is 22.9 Å². The summed E-state index contributed by atoms with van der Waals surface area (Å²) in [7, 11) is 0. The van der Waals surface area contributed by atoms with Gasteiger partial charge in [0.25, 0.3) is 5.91 Å². The van der Waals surface area contributed by atoms with Gasteiger partial charge in [0.15, 0.2) is 0 Å². The van der Waals surface area contributed by atoms with Crippen LogP contribution in [0.4, 0.5) is 10.1 Å². The topological polar surface area (TPSA) is 75.3 Å². The third kappa shape index (κ3) is 4.04. The van der Waals surface area contributed by atoms with Gasteiger partial charge in [0.2, 0.25) is 0 Å². The molecule has 0 bridgehead atoms. The van der Waals surface area contributed by atoms with Gasteiger partial charge in [0.1, 0.15) is 11.6 Å². The summed E-state index contributed by atoms with van der Waals surface area (Å²) in [6.07, 6.45) is 0. The maximum absolute atomic E-state index is 14.3. The van der Waals surface area contributed by atoms with Gasteiger partial charge in [-0.25, -0.2) is 4.39 Å². The fraction of sp³-hybridized carbons (Fsp3) is 0.286. The smallest absolute Gasteiger partial charge is 0.250 e. The monoisotopic (exact) mass is 356 g/mol. The molecule has 0 aliphatic carbocycles. The average Bonchev–Trinajstić information content (AvgIpc) is 2.55. The van der Waals surface area contributed by atoms with Crippen LogP contribution in [0.3, 0.4) is 0 Å². The van der Waals surface area contributed by atoms with Crippen LogP contribution in [0, 0.1) is 19.7 Å². The summed E-state index contributed by atoms with van der Waals surface area (Å²) < 4.78 is 14.3. The Hall–Kier alpha value is -2.82. The zero-order valence-electron chi connectivity index (χ0n) is 15.8. The number of nitrogen functional groups attached to an aromatic ring is 1. The minimum Gasteiger partial charge on any atom is -0.507 e. The highest BCUT2D eigenvalue weighted by atomic mass is 19.1. The molecule has 4 N–H and O–H groups in total. The maximum atomic E-state index is 14.3. The second-order valence-corrected chi connectivity index (χ2v) is 6.82. The molecule has 26 heavy (non-hydrogen) atoms. The number of amides is 1. The standard InChI is InChI=1S/C21H25FN2O2/c1-11(2)24-21(26)14(5)20(25)18-9-12(3)17(8-13(18)4)16-7-6-15(23)10-19(16)22/h6-11,25H,23H2,1-5H3,(H,24,26)/b20-14-.